The van der Waals surface area contributed by atoms with Crippen LogP contribution in [0.3, 0.4) is 0 Å². The van der Waals surface area contributed by atoms with Gasteiger partial charge in [-0.15, -0.1) is 23.5 Å². The monoisotopic (exact) mass is 372 g/mol. The fraction of sp³-hybridized carbons (Fsp3) is 0.222. The normalized spacial score (nSPS) is 23.0. The summed E-state index contributed by atoms with van der Waals surface area (Å²) in [5.41, 5.74) is 2.05. The number of thioether (sulfide) groups is 2. The molecule has 4 rings (SSSR count). The second kappa shape index (κ2) is 6.43. The fourth-order valence-corrected chi connectivity index (χ4v) is 5.46. The highest BCUT2D eigenvalue weighted by Gasteiger charge is 2.50. The van der Waals surface area contributed by atoms with Crippen molar-refractivity contribution in [1.29, 1.82) is 0 Å². The molecule has 2 fully saturated rings. The van der Waals surface area contributed by atoms with Crippen LogP contribution in [-0.4, -0.2) is 34.0 Å². The first-order valence-electron chi connectivity index (χ1n) is 7.67. The Bertz CT molecular complexity index is 779. The van der Waals surface area contributed by atoms with E-state index in [2.05, 4.69) is 35.4 Å². The van der Waals surface area contributed by atoms with Gasteiger partial charge in [0.05, 0.1) is 5.69 Å². The van der Waals surface area contributed by atoms with E-state index in [9.17, 15) is 4.79 Å². The maximum atomic E-state index is 12.9. The van der Waals surface area contributed by atoms with Crippen molar-refractivity contribution < 1.29 is 4.79 Å². The van der Waals surface area contributed by atoms with Gasteiger partial charge in [0.2, 0.25) is 0 Å². The third-order valence-electron chi connectivity index (χ3n) is 4.33. The number of hydrogen-bond donors (Lipinski definition) is 0. The molecular weight excluding hydrogens is 356 g/mol. The molecule has 2 saturated heterocycles. The van der Waals surface area contributed by atoms with Crippen LogP contribution >= 0.6 is 35.7 Å². The molecular formula is C18H16N2OS3. The summed E-state index contributed by atoms with van der Waals surface area (Å²) in [5, 5.41) is 0.719. The summed E-state index contributed by atoms with van der Waals surface area (Å²) >= 11 is 9.20. The van der Waals surface area contributed by atoms with Gasteiger partial charge in [0.15, 0.2) is 5.11 Å². The van der Waals surface area contributed by atoms with Crippen LogP contribution in [0, 0.1) is 0 Å². The molecule has 0 saturated carbocycles. The summed E-state index contributed by atoms with van der Waals surface area (Å²) in [6.07, 6.45) is 2.07. The van der Waals surface area contributed by atoms with Crippen LogP contribution in [0.1, 0.15) is 10.9 Å². The highest BCUT2D eigenvalue weighted by atomic mass is 32.2. The van der Waals surface area contributed by atoms with Gasteiger partial charge in [-0.3, -0.25) is 9.69 Å². The molecule has 0 aromatic heterocycles. The lowest BCUT2D eigenvalue weighted by Crippen LogP contribution is -2.33. The predicted molar refractivity (Wildman–Crippen MR) is 106 cm³/mol. The van der Waals surface area contributed by atoms with Crippen molar-refractivity contribution in [2.24, 2.45) is 0 Å². The zero-order valence-corrected chi connectivity index (χ0v) is 15.5. The molecule has 3 nitrogen and oxygen atoms in total. The SMILES string of the molecule is CSc1ccc([C@@H]2SC[C@H]3C(=O)N(c4ccccc4)C(=S)N32)cc1. The largest absolute Gasteiger partial charge is 0.319 e. The number of hydrogen-bond acceptors (Lipinski definition) is 4. The number of amides is 1. The first kappa shape index (κ1) is 16.0. The van der Waals surface area contributed by atoms with Gasteiger partial charge < -0.3 is 4.90 Å². The third kappa shape index (κ3) is 2.53. The molecule has 2 aromatic carbocycles. The summed E-state index contributed by atoms with van der Waals surface area (Å²) in [4.78, 5) is 17.9. The molecule has 0 N–H and O–H groups in total. The number of thiocarbonyl (C=S) groups is 1. The Balaban J connectivity index is 1.65. The van der Waals surface area contributed by atoms with E-state index in [1.807, 2.05) is 30.3 Å². The number of anilines is 1. The average molecular weight is 373 g/mol. The van der Waals surface area contributed by atoms with Crippen molar-refractivity contribution in [3.8, 4) is 0 Å². The van der Waals surface area contributed by atoms with Gasteiger partial charge in [-0.1, -0.05) is 30.3 Å². The fourth-order valence-electron chi connectivity index (χ4n) is 3.13. The van der Waals surface area contributed by atoms with Crippen LogP contribution in [0.25, 0.3) is 0 Å². The minimum Gasteiger partial charge on any atom is -0.319 e. The van der Waals surface area contributed by atoms with Crippen LogP contribution in [0.15, 0.2) is 59.5 Å². The smallest absolute Gasteiger partial charge is 0.257 e. The van der Waals surface area contributed by atoms with Crippen LogP contribution < -0.4 is 4.90 Å². The molecule has 2 heterocycles. The van der Waals surface area contributed by atoms with Crippen molar-refractivity contribution in [3.05, 3.63) is 60.2 Å². The summed E-state index contributed by atoms with van der Waals surface area (Å²) in [5.74, 6) is 0.860. The molecule has 2 aliphatic heterocycles. The molecule has 0 aliphatic carbocycles. The number of carbonyl (C=O) groups excluding carboxylic acids is 1. The standard InChI is InChI=1S/C18H16N2OS3/c1-23-14-9-7-12(8-10-14)17-20-15(11-24-17)16(21)19(18(20)22)13-5-3-2-4-6-13/h2-10,15,17H,11H2,1H3/t15-,17-/m0/s1. The van der Waals surface area contributed by atoms with Gasteiger partial charge >= 0.3 is 0 Å². The molecule has 2 aromatic rings. The molecule has 24 heavy (non-hydrogen) atoms. The number of benzene rings is 2. The lowest BCUT2D eigenvalue weighted by atomic mass is 10.2. The number of fused-ring (bicyclic) bond motifs is 1. The molecule has 2 atom stereocenters. The molecule has 2 aliphatic rings. The lowest BCUT2D eigenvalue weighted by Gasteiger charge is -2.25. The second-order valence-corrected chi connectivity index (χ2v) is 8.03. The third-order valence-corrected chi connectivity index (χ3v) is 6.79. The number of carbonyl (C=O) groups is 1. The van der Waals surface area contributed by atoms with Crippen molar-refractivity contribution in [2.75, 3.05) is 16.9 Å². The second-order valence-electron chi connectivity index (χ2n) is 5.67. The van der Waals surface area contributed by atoms with E-state index < -0.39 is 0 Å². The topological polar surface area (TPSA) is 23.6 Å². The van der Waals surface area contributed by atoms with Gasteiger partial charge in [0.25, 0.3) is 5.91 Å². The predicted octanol–water partition coefficient (Wildman–Crippen LogP) is 4.16. The molecule has 122 valence electrons. The molecule has 0 bridgehead atoms. The first-order chi connectivity index (χ1) is 11.7. The average Bonchev–Trinajstić information content (AvgIpc) is 3.17. The Hall–Kier alpha value is -1.50. The molecule has 6 heteroatoms. The maximum absolute atomic E-state index is 12.9. The van der Waals surface area contributed by atoms with Gasteiger partial charge in [0, 0.05) is 10.6 Å². The molecule has 0 radical (unpaired) electrons. The highest BCUT2D eigenvalue weighted by molar-refractivity contribution is 8.00. The van der Waals surface area contributed by atoms with Crippen molar-refractivity contribution in [2.45, 2.75) is 16.3 Å². The quantitative estimate of drug-likeness (QED) is 0.595. The Kier molecular flexibility index (Phi) is 4.28. The van der Waals surface area contributed by atoms with E-state index in [1.165, 1.54) is 10.5 Å². The highest BCUT2D eigenvalue weighted by Crippen LogP contribution is 2.46. The maximum Gasteiger partial charge on any atom is 0.257 e. The van der Waals surface area contributed by atoms with Gasteiger partial charge in [-0.25, -0.2) is 0 Å². The van der Waals surface area contributed by atoms with Crippen molar-refractivity contribution in [1.82, 2.24) is 4.90 Å². The molecule has 0 unspecified atom stereocenters. The summed E-state index contributed by atoms with van der Waals surface area (Å²) in [6.45, 7) is 0. The van der Waals surface area contributed by atoms with Crippen LogP contribution in [0.2, 0.25) is 0 Å². The van der Waals surface area contributed by atoms with Gasteiger partial charge in [-0.2, -0.15) is 0 Å². The Morgan fingerprint density at radius 3 is 2.50 bits per heavy atom. The van der Waals surface area contributed by atoms with Crippen molar-refractivity contribution in [3.63, 3.8) is 0 Å². The lowest BCUT2D eigenvalue weighted by molar-refractivity contribution is -0.119. The van der Waals surface area contributed by atoms with E-state index in [0.717, 1.165) is 11.4 Å². The molecule has 1 amide bonds. The molecule has 0 spiro atoms. The van der Waals surface area contributed by atoms with Gasteiger partial charge in [0.1, 0.15) is 11.4 Å². The zero-order valence-electron chi connectivity index (χ0n) is 13.1. The van der Waals surface area contributed by atoms with Crippen LogP contribution in [-0.2, 0) is 4.79 Å². The Morgan fingerprint density at radius 2 is 1.83 bits per heavy atom. The summed E-state index contributed by atoms with van der Waals surface area (Å²) < 4.78 is 0. The summed E-state index contributed by atoms with van der Waals surface area (Å²) in [6, 6.07) is 18.1. The minimum atomic E-state index is -0.159. The number of para-hydroxylation sites is 1. The van der Waals surface area contributed by atoms with E-state index in [0.29, 0.717) is 5.11 Å². The summed E-state index contributed by atoms with van der Waals surface area (Å²) in [7, 11) is 0. The van der Waals surface area contributed by atoms with E-state index in [4.69, 9.17) is 12.2 Å². The van der Waals surface area contributed by atoms with E-state index in [-0.39, 0.29) is 17.3 Å². The van der Waals surface area contributed by atoms with Crippen LogP contribution in [0.4, 0.5) is 5.69 Å². The number of nitrogens with zero attached hydrogens (tertiary/aromatic N) is 2. The van der Waals surface area contributed by atoms with Gasteiger partial charge in [-0.05, 0) is 48.3 Å². The first-order valence-corrected chi connectivity index (χ1v) is 10.4. The van der Waals surface area contributed by atoms with Crippen molar-refractivity contribution >= 4 is 52.4 Å². The number of rotatable bonds is 3. The van der Waals surface area contributed by atoms with E-state index >= 15 is 0 Å². The Labute approximate surface area is 155 Å². The van der Waals surface area contributed by atoms with Crippen LogP contribution in [0.5, 0.6) is 0 Å². The zero-order chi connectivity index (χ0) is 16.7. The Morgan fingerprint density at radius 1 is 1.12 bits per heavy atom. The van der Waals surface area contributed by atoms with E-state index in [1.54, 1.807) is 28.4 Å². The minimum absolute atomic E-state index is 0.0851.